The first-order valence-corrected chi connectivity index (χ1v) is 6.73. The molecule has 0 aromatic heterocycles. The fourth-order valence-electron chi connectivity index (χ4n) is 2.56. The van der Waals surface area contributed by atoms with Crippen LogP contribution < -0.4 is 5.32 Å². The molecule has 0 unspecified atom stereocenters. The van der Waals surface area contributed by atoms with Gasteiger partial charge in [-0.3, -0.25) is 4.90 Å². The quantitative estimate of drug-likeness (QED) is 0.854. The van der Waals surface area contributed by atoms with E-state index in [0.29, 0.717) is 6.42 Å². The molecule has 0 amide bonds. The van der Waals surface area contributed by atoms with Crippen LogP contribution in [0.5, 0.6) is 0 Å². The molecule has 1 aliphatic heterocycles. The molecule has 1 fully saturated rings. The molecular formula is C14H20F2N2O. The molecule has 5 heteroatoms. The van der Waals surface area contributed by atoms with Crippen LogP contribution in [0, 0.1) is 11.6 Å². The van der Waals surface area contributed by atoms with Crippen molar-refractivity contribution in [3.8, 4) is 0 Å². The lowest BCUT2D eigenvalue weighted by molar-refractivity contribution is 0.154. The van der Waals surface area contributed by atoms with E-state index < -0.39 is 11.6 Å². The van der Waals surface area contributed by atoms with Crippen LogP contribution >= 0.6 is 0 Å². The standard InChI is InChI=1S/C14H20F2N2O/c15-12-4-3-11(10-13(12)16)14(2-1-9-19)18-7-5-17-6-8-18/h3-4,10,14,17,19H,1-2,5-9H2/t14-/m1/s1. The Bertz CT molecular complexity index is 408. The van der Waals surface area contributed by atoms with Gasteiger partial charge in [0, 0.05) is 38.8 Å². The molecule has 0 aliphatic carbocycles. The zero-order valence-corrected chi connectivity index (χ0v) is 10.9. The van der Waals surface area contributed by atoms with E-state index in [1.165, 1.54) is 12.1 Å². The highest BCUT2D eigenvalue weighted by Gasteiger charge is 2.22. The Morgan fingerprint density at radius 2 is 1.95 bits per heavy atom. The molecule has 1 aromatic rings. The molecule has 2 rings (SSSR count). The number of nitrogens with one attached hydrogen (secondary N) is 1. The Labute approximate surface area is 112 Å². The van der Waals surface area contributed by atoms with E-state index in [0.717, 1.165) is 38.2 Å². The number of halogens is 2. The molecule has 1 aliphatic rings. The third-order valence-electron chi connectivity index (χ3n) is 3.56. The number of nitrogens with zero attached hydrogens (tertiary/aromatic N) is 1. The fourth-order valence-corrected chi connectivity index (χ4v) is 2.56. The van der Waals surface area contributed by atoms with Crippen molar-refractivity contribution in [2.75, 3.05) is 32.8 Å². The van der Waals surface area contributed by atoms with Gasteiger partial charge in [0.25, 0.3) is 0 Å². The highest BCUT2D eigenvalue weighted by atomic mass is 19.2. The maximum atomic E-state index is 13.4. The molecule has 19 heavy (non-hydrogen) atoms. The Hall–Kier alpha value is -1.04. The molecule has 1 atom stereocenters. The first kappa shape index (κ1) is 14.4. The van der Waals surface area contributed by atoms with Gasteiger partial charge in [0.2, 0.25) is 0 Å². The van der Waals surface area contributed by atoms with Crippen molar-refractivity contribution >= 4 is 0 Å². The zero-order chi connectivity index (χ0) is 13.7. The molecule has 0 spiro atoms. The number of hydrogen-bond donors (Lipinski definition) is 2. The van der Waals surface area contributed by atoms with E-state index in [-0.39, 0.29) is 12.6 Å². The summed E-state index contributed by atoms with van der Waals surface area (Å²) in [5.41, 5.74) is 0.786. The van der Waals surface area contributed by atoms with Crippen molar-refractivity contribution < 1.29 is 13.9 Å². The summed E-state index contributed by atoms with van der Waals surface area (Å²) in [5.74, 6) is -1.62. The molecule has 3 nitrogen and oxygen atoms in total. The van der Waals surface area contributed by atoms with Crippen LogP contribution in [0.1, 0.15) is 24.4 Å². The molecule has 1 heterocycles. The minimum Gasteiger partial charge on any atom is -0.396 e. The van der Waals surface area contributed by atoms with Crippen molar-refractivity contribution in [2.45, 2.75) is 18.9 Å². The summed E-state index contributed by atoms with van der Waals surface area (Å²) in [6, 6.07) is 4.14. The lowest BCUT2D eigenvalue weighted by Gasteiger charge is -2.35. The Morgan fingerprint density at radius 1 is 1.21 bits per heavy atom. The summed E-state index contributed by atoms with van der Waals surface area (Å²) in [6.45, 7) is 3.69. The maximum Gasteiger partial charge on any atom is 0.159 e. The van der Waals surface area contributed by atoms with Crippen molar-refractivity contribution in [2.24, 2.45) is 0 Å². The normalized spacial score (nSPS) is 18.5. The van der Waals surface area contributed by atoms with Crippen LogP contribution in [0.3, 0.4) is 0 Å². The van der Waals surface area contributed by atoms with E-state index in [4.69, 9.17) is 5.11 Å². The largest absolute Gasteiger partial charge is 0.396 e. The monoisotopic (exact) mass is 270 g/mol. The van der Waals surface area contributed by atoms with E-state index in [2.05, 4.69) is 10.2 Å². The van der Waals surface area contributed by atoms with Gasteiger partial charge in [-0.05, 0) is 30.5 Å². The molecular weight excluding hydrogens is 250 g/mol. The average molecular weight is 270 g/mol. The molecule has 2 N–H and O–H groups in total. The number of aliphatic hydroxyl groups excluding tert-OH is 1. The Balaban J connectivity index is 2.17. The third-order valence-corrected chi connectivity index (χ3v) is 3.56. The lowest BCUT2D eigenvalue weighted by Crippen LogP contribution is -2.45. The highest BCUT2D eigenvalue weighted by molar-refractivity contribution is 5.21. The van der Waals surface area contributed by atoms with Gasteiger partial charge in [-0.25, -0.2) is 8.78 Å². The van der Waals surface area contributed by atoms with Gasteiger partial charge in [-0.15, -0.1) is 0 Å². The second-order valence-electron chi connectivity index (χ2n) is 4.84. The van der Waals surface area contributed by atoms with E-state index >= 15 is 0 Å². The third kappa shape index (κ3) is 3.72. The van der Waals surface area contributed by atoms with Crippen LogP contribution in [-0.4, -0.2) is 42.8 Å². The SMILES string of the molecule is OCCC[C@H](c1ccc(F)c(F)c1)N1CCNCC1. The maximum absolute atomic E-state index is 13.4. The van der Waals surface area contributed by atoms with Crippen LogP contribution in [0.25, 0.3) is 0 Å². The molecule has 1 saturated heterocycles. The molecule has 0 radical (unpaired) electrons. The topological polar surface area (TPSA) is 35.5 Å². The smallest absolute Gasteiger partial charge is 0.159 e. The second-order valence-corrected chi connectivity index (χ2v) is 4.84. The van der Waals surface area contributed by atoms with Crippen LogP contribution in [-0.2, 0) is 0 Å². The van der Waals surface area contributed by atoms with Crippen LogP contribution in [0.2, 0.25) is 0 Å². The van der Waals surface area contributed by atoms with E-state index in [1.807, 2.05) is 0 Å². The predicted octanol–water partition coefficient (Wildman–Crippen LogP) is 1.68. The van der Waals surface area contributed by atoms with Gasteiger partial charge < -0.3 is 10.4 Å². The van der Waals surface area contributed by atoms with Gasteiger partial charge >= 0.3 is 0 Å². The minimum absolute atomic E-state index is 0.0457. The van der Waals surface area contributed by atoms with Gasteiger partial charge in [0.15, 0.2) is 11.6 Å². The summed E-state index contributed by atoms with van der Waals surface area (Å²) < 4.78 is 26.4. The predicted molar refractivity (Wildman–Crippen MR) is 69.9 cm³/mol. The minimum atomic E-state index is -0.815. The average Bonchev–Trinajstić information content (AvgIpc) is 2.44. The van der Waals surface area contributed by atoms with Crippen molar-refractivity contribution in [1.82, 2.24) is 10.2 Å². The molecule has 1 aromatic carbocycles. The Kier molecular flexibility index (Phi) is 5.24. The number of aliphatic hydroxyl groups is 1. The van der Waals surface area contributed by atoms with Crippen molar-refractivity contribution in [3.05, 3.63) is 35.4 Å². The van der Waals surface area contributed by atoms with Crippen molar-refractivity contribution in [1.29, 1.82) is 0 Å². The highest BCUT2D eigenvalue weighted by Crippen LogP contribution is 2.27. The summed E-state index contributed by atoms with van der Waals surface area (Å²) in [7, 11) is 0. The van der Waals surface area contributed by atoms with Crippen LogP contribution in [0.15, 0.2) is 18.2 Å². The first-order valence-electron chi connectivity index (χ1n) is 6.73. The van der Waals surface area contributed by atoms with Gasteiger partial charge in [0.05, 0.1) is 0 Å². The Morgan fingerprint density at radius 3 is 2.58 bits per heavy atom. The van der Waals surface area contributed by atoms with E-state index in [9.17, 15) is 8.78 Å². The van der Waals surface area contributed by atoms with Gasteiger partial charge in [0.1, 0.15) is 0 Å². The van der Waals surface area contributed by atoms with E-state index in [1.54, 1.807) is 6.07 Å². The molecule has 106 valence electrons. The van der Waals surface area contributed by atoms with Crippen LogP contribution in [0.4, 0.5) is 8.78 Å². The summed E-state index contributed by atoms with van der Waals surface area (Å²) in [6.07, 6.45) is 1.41. The summed E-state index contributed by atoms with van der Waals surface area (Å²) in [4.78, 5) is 2.26. The van der Waals surface area contributed by atoms with Gasteiger partial charge in [-0.1, -0.05) is 6.07 Å². The number of piperazine rings is 1. The second kappa shape index (κ2) is 6.93. The zero-order valence-electron chi connectivity index (χ0n) is 10.9. The first-order chi connectivity index (χ1) is 9.22. The number of hydrogen-bond acceptors (Lipinski definition) is 3. The number of rotatable bonds is 5. The van der Waals surface area contributed by atoms with Gasteiger partial charge in [-0.2, -0.15) is 0 Å². The summed E-state index contributed by atoms with van der Waals surface area (Å²) in [5, 5.41) is 12.3. The fraction of sp³-hybridized carbons (Fsp3) is 0.571. The van der Waals surface area contributed by atoms with Crippen molar-refractivity contribution in [3.63, 3.8) is 0 Å². The molecule has 0 saturated carbocycles. The summed E-state index contributed by atoms with van der Waals surface area (Å²) >= 11 is 0. The lowest BCUT2D eigenvalue weighted by atomic mass is 9.99. The molecule has 0 bridgehead atoms. The number of benzene rings is 1.